The van der Waals surface area contributed by atoms with Gasteiger partial charge in [0.25, 0.3) is 0 Å². The van der Waals surface area contributed by atoms with Gasteiger partial charge in [-0.15, -0.1) is 0 Å². The Bertz CT molecular complexity index is 424. The van der Waals surface area contributed by atoms with Crippen molar-refractivity contribution in [1.29, 1.82) is 0 Å². The lowest BCUT2D eigenvalue weighted by atomic mass is 10.2. The van der Waals surface area contributed by atoms with E-state index >= 15 is 0 Å². The van der Waals surface area contributed by atoms with Crippen LogP contribution in [0.5, 0.6) is 0 Å². The summed E-state index contributed by atoms with van der Waals surface area (Å²) in [6.07, 6.45) is 7.16. The number of pyridine rings is 2. The maximum absolute atomic E-state index is 4.31. The molecular formula is C13H15N2+. The molecule has 0 unspecified atom stereocenters. The zero-order valence-electron chi connectivity index (χ0n) is 8.93. The highest BCUT2D eigenvalue weighted by molar-refractivity contribution is 5.05. The second kappa shape index (κ2) is 4.69. The number of nitrogens with zero attached hydrogens (tertiary/aromatic N) is 2. The van der Waals surface area contributed by atoms with E-state index in [4.69, 9.17) is 0 Å². The van der Waals surface area contributed by atoms with E-state index in [0.29, 0.717) is 0 Å². The molecule has 0 N–H and O–H groups in total. The van der Waals surface area contributed by atoms with E-state index in [0.717, 1.165) is 18.7 Å². The third-order valence-corrected chi connectivity index (χ3v) is 2.40. The van der Waals surface area contributed by atoms with Gasteiger partial charge in [0.2, 0.25) is 0 Å². The fourth-order valence-electron chi connectivity index (χ4n) is 1.56. The van der Waals surface area contributed by atoms with Crippen molar-refractivity contribution in [3.63, 3.8) is 0 Å². The fraction of sp³-hybridized carbons (Fsp3) is 0.231. The SMILES string of the molecule is CCc1ccc[n+](Cc2ccccn2)c1. The van der Waals surface area contributed by atoms with Crippen molar-refractivity contribution in [2.24, 2.45) is 0 Å². The third kappa shape index (κ3) is 2.62. The Morgan fingerprint density at radius 3 is 2.87 bits per heavy atom. The first kappa shape index (κ1) is 9.84. The molecule has 0 amide bonds. The van der Waals surface area contributed by atoms with Gasteiger partial charge in [-0.2, -0.15) is 4.57 Å². The molecule has 15 heavy (non-hydrogen) atoms. The van der Waals surface area contributed by atoms with Gasteiger partial charge < -0.3 is 0 Å². The maximum atomic E-state index is 4.31. The minimum Gasteiger partial charge on any atom is -0.255 e. The van der Waals surface area contributed by atoms with Gasteiger partial charge in [0.15, 0.2) is 18.9 Å². The molecule has 76 valence electrons. The first-order chi connectivity index (χ1) is 7.38. The van der Waals surface area contributed by atoms with Crippen LogP contribution in [0.1, 0.15) is 18.2 Å². The lowest BCUT2D eigenvalue weighted by Crippen LogP contribution is -2.34. The van der Waals surface area contributed by atoms with E-state index in [1.165, 1.54) is 5.56 Å². The highest BCUT2D eigenvalue weighted by Crippen LogP contribution is 1.96. The summed E-state index contributed by atoms with van der Waals surface area (Å²) in [6.45, 7) is 3.01. The Hall–Kier alpha value is -1.70. The summed E-state index contributed by atoms with van der Waals surface area (Å²) < 4.78 is 2.17. The van der Waals surface area contributed by atoms with Crippen LogP contribution in [-0.2, 0) is 13.0 Å². The molecule has 0 aliphatic carbocycles. The summed E-state index contributed by atoms with van der Waals surface area (Å²) in [5, 5.41) is 0. The van der Waals surface area contributed by atoms with Crippen molar-refractivity contribution in [1.82, 2.24) is 4.98 Å². The van der Waals surface area contributed by atoms with Crippen molar-refractivity contribution < 1.29 is 4.57 Å². The molecule has 0 bridgehead atoms. The van der Waals surface area contributed by atoms with Crippen LogP contribution in [0.15, 0.2) is 48.9 Å². The molecular weight excluding hydrogens is 184 g/mol. The predicted molar refractivity (Wildman–Crippen MR) is 59.4 cm³/mol. The molecule has 0 radical (unpaired) electrons. The van der Waals surface area contributed by atoms with Gasteiger partial charge in [-0.3, -0.25) is 4.98 Å². The minimum atomic E-state index is 0.842. The summed E-state index contributed by atoms with van der Waals surface area (Å²) in [6, 6.07) is 10.2. The molecule has 0 spiro atoms. The van der Waals surface area contributed by atoms with Gasteiger partial charge in [0, 0.05) is 17.8 Å². The Kier molecular flexibility index (Phi) is 3.08. The zero-order valence-corrected chi connectivity index (χ0v) is 8.93. The summed E-state index contributed by atoms with van der Waals surface area (Å²) >= 11 is 0. The Labute approximate surface area is 90.2 Å². The van der Waals surface area contributed by atoms with Crippen LogP contribution >= 0.6 is 0 Å². The molecule has 2 aromatic rings. The average Bonchev–Trinajstić information content (AvgIpc) is 2.31. The van der Waals surface area contributed by atoms with Crippen molar-refractivity contribution in [2.45, 2.75) is 19.9 Å². The van der Waals surface area contributed by atoms with Crippen molar-refractivity contribution in [3.05, 3.63) is 60.2 Å². The van der Waals surface area contributed by atoms with E-state index in [2.05, 4.69) is 41.0 Å². The van der Waals surface area contributed by atoms with Crippen LogP contribution in [0, 0.1) is 0 Å². The number of aromatic nitrogens is 2. The number of hydrogen-bond acceptors (Lipinski definition) is 1. The van der Waals surface area contributed by atoms with E-state index in [1.807, 2.05) is 24.4 Å². The van der Waals surface area contributed by atoms with Gasteiger partial charge in [-0.25, -0.2) is 0 Å². The highest BCUT2D eigenvalue weighted by Gasteiger charge is 2.03. The maximum Gasteiger partial charge on any atom is 0.190 e. The lowest BCUT2D eigenvalue weighted by molar-refractivity contribution is -0.689. The second-order valence-electron chi connectivity index (χ2n) is 3.56. The number of rotatable bonds is 3. The molecule has 0 saturated carbocycles. The third-order valence-electron chi connectivity index (χ3n) is 2.40. The molecule has 2 nitrogen and oxygen atoms in total. The topological polar surface area (TPSA) is 16.8 Å². The standard InChI is InChI=1S/C13H15N2/c1-2-12-6-5-9-15(10-12)11-13-7-3-4-8-14-13/h3-10H,2,11H2,1H3/q+1. The minimum absolute atomic E-state index is 0.842. The molecule has 0 fully saturated rings. The van der Waals surface area contributed by atoms with Gasteiger partial charge in [-0.05, 0) is 24.6 Å². The Morgan fingerprint density at radius 1 is 1.20 bits per heavy atom. The quantitative estimate of drug-likeness (QED) is 0.691. The predicted octanol–water partition coefficient (Wildman–Crippen LogP) is 1.98. The molecule has 0 saturated heterocycles. The van der Waals surface area contributed by atoms with Crippen LogP contribution in [0.4, 0.5) is 0 Å². The van der Waals surface area contributed by atoms with E-state index in [1.54, 1.807) is 0 Å². The van der Waals surface area contributed by atoms with E-state index < -0.39 is 0 Å². The van der Waals surface area contributed by atoms with Crippen molar-refractivity contribution in [2.75, 3.05) is 0 Å². The fourth-order valence-corrected chi connectivity index (χ4v) is 1.56. The zero-order chi connectivity index (χ0) is 10.5. The number of hydrogen-bond donors (Lipinski definition) is 0. The molecule has 2 heteroatoms. The molecule has 0 atom stereocenters. The Morgan fingerprint density at radius 2 is 2.13 bits per heavy atom. The highest BCUT2D eigenvalue weighted by atomic mass is 14.9. The largest absolute Gasteiger partial charge is 0.255 e. The monoisotopic (exact) mass is 199 g/mol. The summed E-state index contributed by atoms with van der Waals surface area (Å²) in [5.41, 5.74) is 2.45. The summed E-state index contributed by atoms with van der Waals surface area (Å²) in [5.74, 6) is 0. The molecule has 2 rings (SSSR count). The normalized spacial score (nSPS) is 10.2. The second-order valence-corrected chi connectivity index (χ2v) is 3.56. The van der Waals surface area contributed by atoms with Gasteiger partial charge >= 0.3 is 0 Å². The molecule has 2 heterocycles. The lowest BCUT2D eigenvalue weighted by Gasteiger charge is -1.98. The number of aryl methyl sites for hydroxylation is 1. The smallest absolute Gasteiger partial charge is 0.190 e. The first-order valence-electron chi connectivity index (χ1n) is 5.26. The van der Waals surface area contributed by atoms with Crippen LogP contribution in [0.3, 0.4) is 0 Å². The van der Waals surface area contributed by atoms with E-state index in [-0.39, 0.29) is 0 Å². The summed E-state index contributed by atoms with van der Waals surface area (Å²) in [4.78, 5) is 4.31. The van der Waals surface area contributed by atoms with Crippen LogP contribution in [0.2, 0.25) is 0 Å². The summed E-state index contributed by atoms with van der Waals surface area (Å²) in [7, 11) is 0. The first-order valence-corrected chi connectivity index (χ1v) is 5.26. The van der Waals surface area contributed by atoms with E-state index in [9.17, 15) is 0 Å². The van der Waals surface area contributed by atoms with Crippen LogP contribution in [-0.4, -0.2) is 4.98 Å². The van der Waals surface area contributed by atoms with Gasteiger partial charge in [0.05, 0.1) is 0 Å². The van der Waals surface area contributed by atoms with Gasteiger partial charge in [-0.1, -0.05) is 13.0 Å². The van der Waals surface area contributed by atoms with Crippen LogP contribution in [0.25, 0.3) is 0 Å². The molecule has 0 aromatic carbocycles. The molecule has 0 aliphatic heterocycles. The van der Waals surface area contributed by atoms with Crippen LogP contribution < -0.4 is 4.57 Å². The average molecular weight is 199 g/mol. The molecule has 2 aromatic heterocycles. The van der Waals surface area contributed by atoms with Crippen molar-refractivity contribution in [3.8, 4) is 0 Å². The van der Waals surface area contributed by atoms with Gasteiger partial charge in [0.1, 0.15) is 5.69 Å². The van der Waals surface area contributed by atoms with Crippen molar-refractivity contribution >= 4 is 0 Å². The molecule has 0 aliphatic rings. The Balaban J connectivity index is 2.17.